The summed E-state index contributed by atoms with van der Waals surface area (Å²) in [5.41, 5.74) is 2.90. The average molecular weight is 293 g/mol. The van der Waals surface area contributed by atoms with Gasteiger partial charge >= 0.3 is 0 Å². The minimum atomic E-state index is -0.290. The molecule has 2 aromatic carbocycles. The van der Waals surface area contributed by atoms with E-state index in [9.17, 15) is 14.7 Å². The van der Waals surface area contributed by atoms with Gasteiger partial charge in [0.2, 0.25) is 5.91 Å². The molecule has 0 radical (unpaired) electrons. The number of rotatable bonds is 2. The lowest BCUT2D eigenvalue weighted by atomic mass is 10.1. The van der Waals surface area contributed by atoms with Crippen LogP contribution in [-0.2, 0) is 9.59 Å². The highest BCUT2D eigenvalue weighted by Gasteiger charge is 2.34. The maximum Gasteiger partial charge on any atom is 0.261 e. The normalized spacial score (nSPS) is 16.6. The second kappa shape index (κ2) is 5.48. The third kappa shape index (κ3) is 2.63. The standard InChI is InChI=1S/C18H15NO3/c1-12-2-6-15(7-3-12)19-17(21)11-14(18(19)22)10-13-4-8-16(20)9-5-13/h2-10,20H,11H2,1H3. The van der Waals surface area contributed by atoms with Crippen molar-refractivity contribution in [2.24, 2.45) is 0 Å². The summed E-state index contributed by atoms with van der Waals surface area (Å²) in [5.74, 6) is -0.349. The molecule has 0 aromatic heterocycles. The van der Waals surface area contributed by atoms with E-state index in [0.29, 0.717) is 11.3 Å². The SMILES string of the molecule is Cc1ccc(N2C(=O)CC(=Cc3ccc(O)cc3)C2=O)cc1. The first-order valence-corrected chi connectivity index (χ1v) is 6.98. The number of aryl methyl sites for hydroxylation is 1. The Kier molecular flexibility index (Phi) is 3.51. The van der Waals surface area contributed by atoms with Crippen molar-refractivity contribution in [1.29, 1.82) is 0 Å². The van der Waals surface area contributed by atoms with E-state index in [0.717, 1.165) is 11.1 Å². The molecule has 4 heteroatoms. The summed E-state index contributed by atoms with van der Waals surface area (Å²) >= 11 is 0. The summed E-state index contributed by atoms with van der Waals surface area (Å²) in [6, 6.07) is 13.8. The van der Waals surface area contributed by atoms with Crippen LogP contribution < -0.4 is 4.90 Å². The Labute approximate surface area is 128 Å². The van der Waals surface area contributed by atoms with Crippen molar-refractivity contribution in [1.82, 2.24) is 0 Å². The first kappa shape index (κ1) is 14.1. The van der Waals surface area contributed by atoms with Crippen LogP contribution in [0.25, 0.3) is 6.08 Å². The number of phenols is 1. The Morgan fingerprint density at radius 3 is 2.27 bits per heavy atom. The van der Waals surface area contributed by atoms with E-state index in [1.165, 1.54) is 4.90 Å². The summed E-state index contributed by atoms with van der Waals surface area (Å²) in [7, 11) is 0. The molecule has 0 bridgehead atoms. The van der Waals surface area contributed by atoms with E-state index in [2.05, 4.69) is 0 Å². The van der Waals surface area contributed by atoms with Crippen LogP contribution in [0.5, 0.6) is 5.75 Å². The lowest BCUT2D eigenvalue weighted by molar-refractivity contribution is -0.120. The predicted octanol–water partition coefficient (Wildman–Crippen LogP) is 3.05. The molecule has 3 rings (SSSR count). The number of hydrogen-bond donors (Lipinski definition) is 1. The van der Waals surface area contributed by atoms with Gasteiger partial charge < -0.3 is 5.11 Å². The van der Waals surface area contributed by atoms with Gasteiger partial charge in [0.1, 0.15) is 5.75 Å². The zero-order valence-electron chi connectivity index (χ0n) is 12.1. The van der Waals surface area contributed by atoms with Crippen molar-refractivity contribution in [2.45, 2.75) is 13.3 Å². The molecule has 0 unspecified atom stereocenters. The Morgan fingerprint density at radius 1 is 1.00 bits per heavy atom. The summed E-state index contributed by atoms with van der Waals surface area (Å²) in [6.07, 6.45) is 1.78. The number of phenolic OH excluding ortho intramolecular Hbond substituents is 1. The van der Waals surface area contributed by atoms with Gasteiger partial charge in [0.15, 0.2) is 0 Å². The molecule has 1 heterocycles. The number of aromatic hydroxyl groups is 1. The summed E-state index contributed by atoms with van der Waals surface area (Å²) in [5, 5.41) is 9.27. The van der Waals surface area contributed by atoms with Gasteiger partial charge in [-0.15, -0.1) is 0 Å². The molecule has 0 atom stereocenters. The minimum absolute atomic E-state index is 0.0909. The summed E-state index contributed by atoms with van der Waals surface area (Å²) in [4.78, 5) is 25.8. The van der Waals surface area contributed by atoms with E-state index in [1.807, 2.05) is 19.1 Å². The molecule has 0 saturated carbocycles. The van der Waals surface area contributed by atoms with Crippen LogP contribution in [0.15, 0.2) is 54.1 Å². The number of benzene rings is 2. The highest BCUT2D eigenvalue weighted by molar-refractivity contribution is 6.29. The molecule has 110 valence electrons. The highest BCUT2D eigenvalue weighted by atomic mass is 16.3. The van der Waals surface area contributed by atoms with Crippen LogP contribution in [0, 0.1) is 6.92 Å². The largest absolute Gasteiger partial charge is 0.508 e. The fraction of sp³-hybridized carbons (Fsp3) is 0.111. The Morgan fingerprint density at radius 2 is 1.64 bits per heavy atom. The lowest BCUT2D eigenvalue weighted by Crippen LogP contribution is -2.28. The Balaban J connectivity index is 1.91. The molecule has 0 spiro atoms. The van der Waals surface area contributed by atoms with Gasteiger partial charge in [0.05, 0.1) is 12.1 Å². The average Bonchev–Trinajstić information content (AvgIpc) is 2.77. The zero-order chi connectivity index (χ0) is 15.7. The lowest BCUT2D eigenvalue weighted by Gasteiger charge is -2.13. The van der Waals surface area contributed by atoms with Gasteiger partial charge in [0.25, 0.3) is 5.91 Å². The molecule has 4 nitrogen and oxygen atoms in total. The van der Waals surface area contributed by atoms with Gasteiger partial charge in [-0.05, 0) is 42.8 Å². The molecule has 1 N–H and O–H groups in total. The maximum atomic E-state index is 12.5. The molecule has 1 aliphatic rings. The summed E-state index contributed by atoms with van der Waals surface area (Å²) < 4.78 is 0. The number of carbonyl (C=O) groups excluding carboxylic acids is 2. The quantitative estimate of drug-likeness (QED) is 0.684. The first-order chi connectivity index (χ1) is 10.5. The van der Waals surface area contributed by atoms with E-state index in [4.69, 9.17) is 0 Å². The zero-order valence-corrected chi connectivity index (χ0v) is 12.1. The number of imide groups is 1. The fourth-order valence-electron chi connectivity index (χ4n) is 2.41. The van der Waals surface area contributed by atoms with Crippen molar-refractivity contribution < 1.29 is 14.7 Å². The molecule has 2 aromatic rings. The van der Waals surface area contributed by atoms with Gasteiger partial charge in [-0.2, -0.15) is 0 Å². The van der Waals surface area contributed by atoms with Crippen molar-refractivity contribution in [2.75, 3.05) is 4.90 Å². The highest BCUT2D eigenvalue weighted by Crippen LogP contribution is 2.27. The van der Waals surface area contributed by atoms with Crippen molar-refractivity contribution >= 4 is 23.6 Å². The summed E-state index contributed by atoms with van der Waals surface area (Å²) in [6.45, 7) is 1.95. The van der Waals surface area contributed by atoms with Crippen LogP contribution in [0.2, 0.25) is 0 Å². The third-order valence-corrected chi connectivity index (χ3v) is 3.60. The van der Waals surface area contributed by atoms with Crippen molar-refractivity contribution in [3.63, 3.8) is 0 Å². The van der Waals surface area contributed by atoms with Crippen LogP contribution in [0.1, 0.15) is 17.5 Å². The topological polar surface area (TPSA) is 57.6 Å². The number of hydrogen-bond acceptors (Lipinski definition) is 3. The van der Waals surface area contributed by atoms with Gasteiger partial charge in [0, 0.05) is 5.57 Å². The van der Waals surface area contributed by atoms with E-state index >= 15 is 0 Å². The predicted molar refractivity (Wildman–Crippen MR) is 84.4 cm³/mol. The van der Waals surface area contributed by atoms with Gasteiger partial charge in [-0.3, -0.25) is 9.59 Å². The molecule has 1 aliphatic heterocycles. The molecule has 0 aliphatic carbocycles. The van der Waals surface area contributed by atoms with Gasteiger partial charge in [-0.25, -0.2) is 4.90 Å². The molecule has 1 saturated heterocycles. The smallest absolute Gasteiger partial charge is 0.261 e. The molecule has 1 fully saturated rings. The monoisotopic (exact) mass is 293 g/mol. The van der Waals surface area contributed by atoms with E-state index in [-0.39, 0.29) is 24.0 Å². The second-order valence-corrected chi connectivity index (χ2v) is 5.31. The van der Waals surface area contributed by atoms with Crippen LogP contribution in [0.4, 0.5) is 5.69 Å². The van der Waals surface area contributed by atoms with Crippen LogP contribution in [0.3, 0.4) is 0 Å². The maximum absolute atomic E-state index is 12.5. The number of nitrogens with zero attached hydrogens (tertiary/aromatic N) is 1. The van der Waals surface area contributed by atoms with Crippen LogP contribution >= 0.6 is 0 Å². The first-order valence-electron chi connectivity index (χ1n) is 6.98. The number of carbonyl (C=O) groups is 2. The number of amides is 2. The number of anilines is 1. The van der Waals surface area contributed by atoms with Crippen LogP contribution in [-0.4, -0.2) is 16.9 Å². The van der Waals surface area contributed by atoms with Crippen molar-refractivity contribution in [3.05, 3.63) is 65.2 Å². The third-order valence-electron chi connectivity index (χ3n) is 3.60. The van der Waals surface area contributed by atoms with Crippen molar-refractivity contribution in [3.8, 4) is 5.75 Å². The minimum Gasteiger partial charge on any atom is -0.508 e. The fourth-order valence-corrected chi connectivity index (χ4v) is 2.41. The van der Waals surface area contributed by atoms with E-state index in [1.54, 1.807) is 42.5 Å². The molecular formula is C18H15NO3. The molecular weight excluding hydrogens is 278 g/mol. The molecule has 22 heavy (non-hydrogen) atoms. The van der Waals surface area contributed by atoms with Gasteiger partial charge in [-0.1, -0.05) is 29.8 Å². The Hall–Kier alpha value is -2.88. The molecule has 2 amide bonds. The van der Waals surface area contributed by atoms with E-state index < -0.39 is 0 Å². The second-order valence-electron chi connectivity index (χ2n) is 5.31. The Bertz CT molecular complexity index is 758.